The third kappa shape index (κ3) is 1.18. The molecule has 1 fully saturated rings. The van der Waals surface area contributed by atoms with Crippen molar-refractivity contribution in [3.8, 4) is 0 Å². The molecule has 0 aromatic carbocycles. The van der Waals surface area contributed by atoms with Crippen LogP contribution in [0.25, 0.3) is 0 Å². The van der Waals surface area contributed by atoms with Crippen LogP contribution in [0.1, 0.15) is 36.0 Å². The van der Waals surface area contributed by atoms with Crippen LogP contribution in [0.2, 0.25) is 0 Å². The summed E-state index contributed by atoms with van der Waals surface area (Å²) >= 11 is 0. The van der Waals surface area contributed by atoms with E-state index >= 15 is 0 Å². The van der Waals surface area contributed by atoms with E-state index in [1.54, 1.807) is 0 Å². The topological polar surface area (TPSA) is 50.1 Å². The zero-order chi connectivity index (χ0) is 9.54. The third-order valence-corrected chi connectivity index (χ3v) is 3.08. The Kier molecular flexibility index (Phi) is 1.85. The standard InChI is InChI=1S/C10H15N3O/c14-6-8-9-5-11-3-4-13(9)10(12-8)7-1-2-7/h7,11,14H,1-6H2. The molecular formula is C10H15N3O. The first-order valence-electron chi connectivity index (χ1n) is 5.30. The van der Waals surface area contributed by atoms with Gasteiger partial charge >= 0.3 is 0 Å². The van der Waals surface area contributed by atoms with E-state index in [1.807, 2.05) is 0 Å². The summed E-state index contributed by atoms with van der Waals surface area (Å²) in [6, 6.07) is 0. The van der Waals surface area contributed by atoms with Crippen molar-refractivity contribution >= 4 is 0 Å². The number of imidazole rings is 1. The molecule has 1 aromatic rings. The molecule has 0 unspecified atom stereocenters. The fourth-order valence-corrected chi connectivity index (χ4v) is 2.18. The van der Waals surface area contributed by atoms with E-state index in [1.165, 1.54) is 24.4 Å². The molecule has 0 atom stereocenters. The van der Waals surface area contributed by atoms with Gasteiger partial charge in [0.1, 0.15) is 5.82 Å². The lowest BCUT2D eigenvalue weighted by Crippen LogP contribution is -2.29. The molecular weight excluding hydrogens is 178 g/mol. The van der Waals surface area contributed by atoms with Crippen LogP contribution in [0.15, 0.2) is 0 Å². The molecule has 3 rings (SSSR count). The van der Waals surface area contributed by atoms with Crippen LogP contribution in [0.5, 0.6) is 0 Å². The molecule has 0 saturated heterocycles. The predicted molar refractivity (Wildman–Crippen MR) is 51.8 cm³/mol. The van der Waals surface area contributed by atoms with Gasteiger partial charge in [0.2, 0.25) is 0 Å². The maximum atomic E-state index is 9.21. The van der Waals surface area contributed by atoms with Gasteiger partial charge in [-0.2, -0.15) is 0 Å². The Bertz CT molecular complexity index is 354. The molecule has 4 nitrogen and oxygen atoms in total. The van der Waals surface area contributed by atoms with Gasteiger partial charge in [0.25, 0.3) is 0 Å². The van der Waals surface area contributed by atoms with E-state index in [2.05, 4.69) is 14.9 Å². The van der Waals surface area contributed by atoms with Crippen molar-refractivity contribution in [3.05, 3.63) is 17.2 Å². The Morgan fingerprint density at radius 2 is 2.36 bits per heavy atom. The molecule has 4 heteroatoms. The first kappa shape index (κ1) is 8.44. The van der Waals surface area contributed by atoms with Crippen LogP contribution in [0.4, 0.5) is 0 Å². The van der Waals surface area contributed by atoms with E-state index in [4.69, 9.17) is 0 Å². The first-order chi connectivity index (χ1) is 6.90. The zero-order valence-corrected chi connectivity index (χ0v) is 8.16. The Labute approximate surface area is 83.0 Å². The molecule has 0 amide bonds. The van der Waals surface area contributed by atoms with Crippen molar-refractivity contribution in [1.82, 2.24) is 14.9 Å². The number of fused-ring (bicyclic) bond motifs is 1. The van der Waals surface area contributed by atoms with Crippen LogP contribution in [0, 0.1) is 0 Å². The first-order valence-corrected chi connectivity index (χ1v) is 5.30. The SMILES string of the molecule is OCc1nc(C2CC2)n2c1CNCC2. The summed E-state index contributed by atoms with van der Waals surface area (Å²) in [6.45, 7) is 2.96. The Balaban J connectivity index is 2.07. The van der Waals surface area contributed by atoms with Gasteiger partial charge in [-0.25, -0.2) is 4.98 Å². The summed E-state index contributed by atoms with van der Waals surface area (Å²) in [5.41, 5.74) is 2.07. The molecule has 0 radical (unpaired) electrons. The van der Waals surface area contributed by atoms with E-state index in [9.17, 15) is 5.11 Å². The van der Waals surface area contributed by atoms with Crippen LogP contribution >= 0.6 is 0 Å². The number of aromatic nitrogens is 2. The summed E-state index contributed by atoms with van der Waals surface area (Å²) in [4.78, 5) is 4.55. The van der Waals surface area contributed by atoms with Crippen molar-refractivity contribution in [2.75, 3.05) is 6.54 Å². The highest BCUT2D eigenvalue weighted by Crippen LogP contribution is 2.40. The third-order valence-electron chi connectivity index (χ3n) is 3.08. The van der Waals surface area contributed by atoms with Crippen LogP contribution in [-0.2, 0) is 19.7 Å². The summed E-state index contributed by atoms with van der Waals surface area (Å²) in [5, 5.41) is 12.5. The average molecular weight is 193 g/mol. The minimum atomic E-state index is 0.0731. The number of aliphatic hydroxyl groups is 1. The lowest BCUT2D eigenvalue weighted by molar-refractivity contribution is 0.274. The largest absolute Gasteiger partial charge is 0.390 e. The van der Waals surface area contributed by atoms with Gasteiger partial charge in [0.05, 0.1) is 18.0 Å². The fourth-order valence-electron chi connectivity index (χ4n) is 2.18. The number of hydrogen-bond acceptors (Lipinski definition) is 3. The van der Waals surface area contributed by atoms with Crippen molar-refractivity contribution in [2.45, 2.75) is 38.5 Å². The summed E-state index contributed by atoms with van der Waals surface area (Å²) in [6.07, 6.45) is 2.55. The smallest absolute Gasteiger partial charge is 0.112 e. The fraction of sp³-hybridized carbons (Fsp3) is 0.700. The average Bonchev–Trinajstić information content (AvgIpc) is 3.00. The number of hydrogen-bond donors (Lipinski definition) is 2. The molecule has 1 saturated carbocycles. The lowest BCUT2D eigenvalue weighted by Gasteiger charge is -2.18. The van der Waals surface area contributed by atoms with Crippen LogP contribution < -0.4 is 5.32 Å². The van der Waals surface area contributed by atoms with E-state index < -0.39 is 0 Å². The Hall–Kier alpha value is -0.870. The molecule has 2 heterocycles. The Morgan fingerprint density at radius 1 is 1.50 bits per heavy atom. The molecule has 1 aliphatic heterocycles. The summed E-state index contributed by atoms with van der Waals surface area (Å²) < 4.78 is 2.31. The minimum Gasteiger partial charge on any atom is -0.390 e. The van der Waals surface area contributed by atoms with Gasteiger partial charge in [-0.1, -0.05) is 0 Å². The number of nitrogens with zero attached hydrogens (tertiary/aromatic N) is 2. The number of nitrogens with one attached hydrogen (secondary N) is 1. The quantitative estimate of drug-likeness (QED) is 0.713. The maximum Gasteiger partial charge on any atom is 0.112 e. The van der Waals surface area contributed by atoms with Crippen molar-refractivity contribution < 1.29 is 5.11 Å². The molecule has 1 aromatic heterocycles. The van der Waals surface area contributed by atoms with Gasteiger partial charge in [0.15, 0.2) is 0 Å². The van der Waals surface area contributed by atoms with Gasteiger partial charge in [0, 0.05) is 25.6 Å². The van der Waals surface area contributed by atoms with E-state index in [-0.39, 0.29) is 6.61 Å². The highest BCUT2D eigenvalue weighted by atomic mass is 16.3. The molecule has 0 spiro atoms. The van der Waals surface area contributed by atoms with Gasteiger partial charge in [-0.05, 0) is 12.8 Å². The van der Waals surface area contributed by atoms with E-state index in [0.717, 1.165) is 25.3 Å². The molecule has 14 heavy (non-hydrogen) atoms. The van der Waals surface area contributed by atoms with Crippen molar-refractivity contribution in [3.63, 3.8) is 0 Å². The normalized spacial score (nSPS) is 20.9. The molecule has 76 valence electrons. The van der Waals surface area contributed by atoms with Crippen molar-refractivity contribution in [1.29, 1.82) is 0 Å². The number of rotatable bonds is 2. The van der Waals surface area contributed by atoms with Gasteiger partial charge in [-0.15, -0.1) is 0 Å². The minimum absolute atomic E-state index is 0.0731. The van der Waals surface area contributed by atoms with Crippen molar-refractivity contribution in [2.24, 2.45) is 0 Å². The van der Waals surface area contributed by atoms with Gasteiger partial charge in [-0.3, -0.25) is 0 Å². The number of aliphatic hydroxyl groups excluding tert-OH is 1. The van der Waals surface area contributed by atoms with Crippen LogP contribution in [0.3, 0.4) is 0 Å². The molecule has 1 aliphatic carbocycles. The highest BCUT2D eigenvalue weighted by molar-refractivity contribution is 5.22. The maximum absolute atomic E-state index is 9.21. The molecule has 2 N–H and O–H groups in total. The second-order valence-corrected chi connectivity index (χ2v) is 4.12. The highest BCUT2D eigenvalue weighted by Gasteiger charge is 2.31. The predicted octanol–water partition coefficient (Wildman–Crippen LogP) is 0.356. The molecule has 2 aliphatic rings. The van der Waals surface area contributed by atoms with Gasteiger partial charge < -0.3 is 15.0 Å². The monoisotopic (exact) mass is 193 g/mol. The second-order valence-electron chi connectivity index (χ2n) is 4.12. The van der Waals surface area contributed by atoms with E-state index in [0.29, 0.717) is 5.92 Å². The summed E-state index contributed by atoms with van der Waals surface area (Å²) in [5.74, 6) is 1.89. The zero-order valence-electron chi connectivity index (χ0n) is 8.16. The molecule has 0 bridgehead atoms. The van der Waals surface area contributed by atoms with Crippen LogP contribution in [-0.4, -0.2) is 21.2 Å². The summed E-state index contributed by atoms with van der Waals surface area (Å²) in [7, 11) is 0. The lowest BCUT2D eigenvalue weighted by atomic mass is 10.3. The Morgan fingerprint density at radius 3 is 3.07 bits per heavy atom. The second kappa shape index (κ2) is 3.07.